The van der Waals surface area contributed by atoms with Crippen molar-refractivity contribution in [2.75, 3.05) is 6.61 Å². The van der Waals surface area contributed by atoms with Gasteiger partial charge in [0.15, 0.2) is 11.5 Å². The lowest BCUT2D eigenvalue weighted by Gasteiger charge is -2.36. The minimum atomic E-state index is -0.175. The molecule has 1 fully saturated rings. The molecule has 1 aromatic rings. The van der Waals surface area contributed by atoms with Gasteiger partial charge < -0.3 is 20.6 Å². The molecule has 1 saturated carbocycles. The zero-order valence-electron chi connectivity index (χ0n) is 10.5. The van der Waals surface area contributed by atoms with Crippen LogP contribution in [0.5, 0.6) is 11.5 Å². The number of aliphatic hydroxyl groups is 1. The van der Waals surface area contributed by atoms with Gasteiger partial charge in [0.25, 0.3) is 0 Å². The van der Waals surface area contributed by atoms with Gasteiger partial charge >= 0.3 is 0 Å². The average molecular weight is 251 g/mol. The molecule has 18 heavy (non-hydrogen) atoms. The highest BCUT2D eigenvalue weighted by atomic mass is 16.3. The van der Waals surface area contributed by atoms with E-state index >= 15 is 0 Å². The summed E-state index contributed by atoms with van der Waals surface area (Å²) in [4.78, 5) is 0. The summed E-state index contributed by atoms with van der Waals surface area (Å²) in [6.45, 7) is 0.742. The van der Waals surface area contributed by atoms with Crippen molar-refractivity contribution in [2.24, 2.45) is 0 Å². The summed E-state index contributed by atoms with van der Waals surface area (Å²) >= 11 is 0. The molecule has 1 aromatic carbocycles. The molecule has 0 aromatic heterocycles. The van der Waals surface area contributed by atoms with Gasteiger partial charge in [0, 0.05) is 12.1 Å². The maximum atomic E-state index is 9.57. The lowest BCUT2D eigenvalue weighted by Crippen LogP contribution is -2.49. The maximum Gasteiger partial charge on any atom is 0.157 e. The van der Waals surface area contributed by atoms with Crippen LogP contribution in [0.4, 0.5) is 0 Å². The number of rotatable bonds is 4. The summed E-state index contributed by atoms with van der Waals surface area (Å²) in [5, 5.41) is 31.6. The number of benzene rings is 1. The molecule has 0 unspecified atom stereocenters. The highest BCUT2D eigenvalue weighted by molar-refractivity contribution is 5.40. The molecular formula is C14H21NO3. The summed E-state index contributed by atoms with van der Waals surface area (Å²) < 4.78 is 0. The second-order valence-electron chi connectivity index (χ2n) is 5.18. The zero-order valence-corrected chi connectivity index (χ0v) is 10.5. The minimum absolute atomic E-state index is 0.101. The van der Waals surface area contributed by atoms with E-state index < -0.39 is 0 Å². The van der Waals surface area contributed by atoms with E-state index in [4.69, 9.17) is 0 Å². The van der Waals surface area contributed by atoms with Gasteiger partial charge in [-0.05, 0) is 30.5 Å². The molecule has 0 radical (unpaired) electrons. The van der Waals surface area contributed by atoms with Gasteiger partial charge in [-0.3, -0.25) is 0 Å². The van der Waals surface area contributed by atoms with Crippen molar-refractivity contribution in [3.63, 3.8) is 0 Å². The smallest absolute Gasteiger partial charge is 0.157 e. The topological polar surface area (TPSA) is 72.7 Å². The minimum Gasteiger partial charge on any atom is -0.504 e. The van der Waals surface area contributed by atoms with Crippen molar-refractivity contribution in [2.45, 2.75) is 44.2 Å². The summed E-state index contributed by atoms with van der Waals surface area (Å²) in [6, 6.07) is 4.81. The normalized spacial score (nSPS) is 18.7. The van der Waals surface area contributed by atoms with Crippen LogP contribution >= 0.6 is 0 Å². The molecular weight excluding hydrogens is 230 g/mol. The predicted octanol–water partition coefficient (Wildman–Crippen LogP) is 1.88. The molecule has 0 aliphatic heterocycles. The monoisotopic (exact) mass is 251 g/mol. The van der Waals surface area contributed by atoms with Gasteiger partial charge in [0.1, 0.15) is 0 Å². The maximum absolute atomic E-state index is 9.57. The van der Waals surface area contributed by atoms with Crippen LogP contribution in [0, 0.1) is 0 Å². The van der Waals surface area contributed by atoms with E-state index in [1.165, 1.54) is 12.5 Å². The molecule has 4 nitrogen and oxygen atoms in total. The Labute approximate surface area is 107 Å². The molecule has 1 aliphatic rings. The van der Waals surface area contributed by atoms with Crippen LogP contribution in [0.1, 0.15) is 37.7 Å². The van der Waals surface area contributed by atoms with Crippen molar-refractivity contribution in [3.8, 4) is 11.5 Å². The van der Waals surface area contributed by atoms with Crippen molar-refractivity contribution < 1.29 is 15.3 Å². The first-order chi connectivity index (χ1) is 8.65. The first kappa shape index (κ1) is 13.2. The van der Waals surface area contributed by atoms with Crippen LogP contribution in [-0.4, -0.2) is 27.5 Å². The van der Waals surface area contributed by atoms with Gasteiger partial charge in [-0.1, -0.05) is 25.3 Å². The molecule has 0 spiro atoms. The third-order valence-corrected chi connectivity index (χ3v) is 3.82. The molecule has 0 bridgehead atoms. The Morgan fingerprint density at radius 2 is 1.78 bits per heavy atom. The van der Waals surface area contributed by atoms with Crippen molar-refractivity contribution >= 4 is 0 Å². The van der Waals surface area contributed by atoms with E-state index in [0.29, 0.717) is 6.54 Å². The van der Waals surface area contributed by atoms with Gasteiger partial charge in [-0.2, -0.15) is 0 Å². The lowest BCUT2D eigenvalue weighted by atomic mass is 9.82. The van der Waals surface area contributed by atoms with E-state index in [-0.39, 0.29) is 23.6 Å². The Balaban J connectivity index is 1.98. The largest absolute Gasteiger partial charge is 0.504 e. The Hall–Kier alpha value is -1.26. The number of hydrogen-bond donors (Lipinski definition) is 4. The molecule has 0 heterocycles. The molecule has 100 valence electrons. The zero-order chi connectivity index (χ0) is 13.0. The fourth-order valence-corrected chi connectivity index (χ4v) is 2.59. The van der Waals surface area contributed by atoms with Gasteiger partial charge in [-0.25, -0.2) is 0 Å². The SMILES string of the molecule is OCC1(NCc2ccc(O)c(O)c2)CCCCC1. The predicted molar refractivity (Wildman–Crippen MR) is 69.5 cm³/mol. The van der Waals surface area contributed by atoms with E-state index in [2.05, 4.69) is 5.32 Å². The van der Waals surface area contributed by atoms with Gasteiger partial charge in [0.2, 0.25) is 0 Å². The molecule has 4 heteroatoms. The summed E-state index contributed by atoms with van der Waals surface area (Å²) in [5.41, 5.74) is 0.731. The number of aliphatic hydroxyl groups excluding tert-OH is 1. The number of nitrogens with one attached hydrogen (secondary N) is 1. The average Bonchev–Trinajstić information content (AvgIpc) is 2.41. The second-order valence-corrected chi connectivity index (χ2v) is 5.18. The summed E-state index contributed by atoms with van der Waals surface area (Å²) in [6.07, 6.45) is 5.52. The van der Waals surface area contributed by atoms with E-state index in [0.717, 1.165) is 31.2 Å². The molecule has 4 N–H and O–H groups in total. The molecule has 0 atom stereocenters. The highest BCUT2D eigenvalue weighted by Gasteiger charge is 2.30. The second kappa shape index (κ2) is 5.59. The Morgan fingerprint density at radius 1 is 1.06 bits per heavy atom. The van der Waals surface area contributed by atoms with Crippen LogP contribution in [0.3, 0.4) is 0 Å². The van der Waals surface area contributed by atoms with Crippen molar-refractivity contribution in [1.29, 1.82) is 0 Å². The van der Waals surface area contributed by atoms with Crippen LogP contribution in [0.25, 0.3) is 0 Å². The Bertz CT molecular complexity index is 400. The summed E-state index contributed by atoms with van der Waals surface area (Å²) in [5.74, 6) is -0.204. The van der Waals surface area contributed by atoms with Crippen LogP contribution < -0.4 is 5.32 Å². The molecule has 0 saturated heterocycles. The van der Waals surface area contributed by atoms with Gasteiger partial charge in [-0.15, -0.1) is 0 Å². The number of hydrogen-bond acceptors (Lipinski definition) is 4. The summed E-state index contributed by atoms with van der Waals surface area (Å²) in [7, 11) is 0. The van der Waals surface area contributed by atoms with E-state index in [9.17, 15) is 15.3 Å². The number of aromatic hydroxyl groups is 2. The standard InChI is InChI=1S/C14H21NO3/c16-10-14(6-2-1-3-7-14)15-9-11-4-5-12(17)13(18)8-11/h4-5,8,15-18H,1-3,6-7,9-10H2. The molecule has 1 aliphatic carbocycles. The fourth-order valence-electron chi connectivity index (χ4n) is 2.59. The Kier molecular flexibility index (Phi) is 4.09. The first-order valence-electron chi connectivity index (χ1n) is 6.52. The van der Waals surface area contributed by atoms with E-state index in [1.54, 1.807) is 12.1 Å². The quantitative estimate of drug-likeness (QED) is 0.617. The third-order valence-electron chi connectivity index (χ3n) is 3.82. The molecule has 2 rings (SSSR count). The van der Waals surface area contributed by atoms with E-state index in [1.807, 2.05) is 0 Å². The Morgan fingerprint density at radius 3 is 2.39 bits per heavy atom. The highest BCUT2D eigenvalue weighted by Crippen LogP contribution is 2.29. The first-order valence-corrected chi connectivity index (χ1v) is 6.52. The molecule has 0 amide bonds. The number of phenolic OH excluding ortho intramolecular Hbond substituents is 2. The van der Waals surface area contributed by atoms with Crippen LogP contribution in [0.2, 0.25) is 0 Å². The van der Waals surface area contributed by atoms with Crippen molar-refractivity contribution in [3.05, 3.63) is 23.8 Å². The van der Waals surface area contributed by atoms with Gasteiger partial charge in [0.05, 0.1) is 6.61 Å². The van der Waals surface area contributed by atoms with Crippen LogP contribution in [0.15, 0.2) is 18.2 Å². The van der Waals surface area contributed by atoms with Crippen LogP contribution in [-0.2, 0) is 6.54 Å². The third kappa shape index (κ3) is 2.94. The van der Waals surface area contributed by atoms with Crippen molar-refractivity contribution in [1.82, 2.24) is 5.32 Å². The lowest BCUT2D eigenvalue weighted by molar-refractivity contribution is 0.119. The number of phenols is 2. The fraction of sp³-hybridized carbons (Fsp3) is 0.571.